The molecule has 1 atom stereocenters. The van der Waals surface area contributed by atoms with Crippen LogP contribution in [0.15, 0.2) is 42.5 Å². The van der Waals surface area contributed by atoms with Gasteiger partial charge in [-0.25, -0.2) is 4.79 Å². The summed E-state index contributed by atoms with van der Waals surface area (Å²) in [6.07, 6.45) is 2.43. The molecule has 2 aromatic carbocycles. The average Bonchev–Trinajstić information content (AvgIpc) is 3.07. The first-order valence-corrected chi connectivity index (χ1v) is 9.37. The Morgan fingerprint density at radius 3 is 2.75 bits per heavy atom. The van der Waals surface area contributed by atoms with E-state index >= 15 is 0 Å². The molecule has 28 heavy (non-hydrogen) atoms. The van der Waals surface area contributed by atoms with E-state index in [0.717, 1.165) is 43.6 Å². The van der Waals surface area contributed by atoms with Gasteiger partial charge in [0.2, 0.25) is 0 Å². The molecule has 0 aromatic heterocycles. The third-order valence-electron chi connectivity index (χ3n) is 4.71. The summed E-state index contributed by atoms with van der Waals surface area (Å²) in [5.74, 6) is -0.296. The topological polar surface area (TPSA) is 79.3 Å². The van der Waals surface area contributed by atoms with Crippen LogP contribution in [0.1, 0.15) is 40.4 Å². The van der Waals surface area contributed by atoms with Gasteiger partial charge in [-0.3, -0.25) is 0 Å². The predicted molar refractivity (Wildman–Crippen MR) is 113 cm³/mol. The van der Waals surface area contributed by atoms with Crippen molar-refractivity contribution in [3.05, 3.63) is 64.7 Å². The van der Waals surface area contributed by atoms with Crippen molar-refractivity contribution in [1.82, 2.24) is 0 Å². The second-order valence-electron chi connectivity index (χ2n) is 7.04. The lowest BCUT2D eigenvalue weighted by atomic mass is 9.99. The standard InChI is InChI=1S/C22H25N3O2.ClH/c1-16(24)12-17-13-19-8-10-25(21(19)20(14-17)15-23)9-5-11-27-22(26)18-6-3-2-4-7-18;/h2-4,6-7,13-14,16H,5,8-12,24H2,1H3;1H. The fourth-order valence-electron chi connectivity index (χ4n) is 3.57. The van der Waals surface area contributed by atoms with Gasteiger partial charge < -0.3 is 15.4 Å². The van der Waals surface area contributed by atoms with E-state index in [0.29, 0.717) is 17.7 Å². The lowest BCUT2D eigenvalue weighted by Crippen LogP contribution is -2.24. The Bertz CT molecular complexity index is 847. The fraction of sp³-hybridized carbons (Fsp3) is 0.364. The molecule has 0 saturated carbocycles. The van der Waals surface area contributed by atoms with E-state index in [9.17, 15) is 10.1 Å². The molecule has 0 radical (unpaired) electrons. The molecule has 2 N–H and O–H groups in total. The van der Waals surface area contributed by atoms with Crippen LogP contribution in [0.2, 0.25) is 0 Å². The van der Waals surface area contributed by atoms with Gasteiger partial charge in [0.15, 0.2) is 0 Å². The Balaban J connectivity index is 0.00000280. The molecule has 0 spiro atoms. The smallest absolute Gasteiger partial charge is 0.338 e. The number of hydrogen-bond acceptors (Lipinski definition) is 5. The zero-order valence-electron chi connectivity index (χ0n) is 16.1. The number of carbonyl (C=O) groups excluding carboxylic acids is 1. The molecular formula is C22H26ClN3O2. The molecule has 6 heteroatoms. The summed E-state index contributed by atoms with van der Waals surface area (Å²) in [6.45, 7) is 3.99. The van der Waals surface area contributed by atoms with Crippen LogP contribution in [-0.4, -0.2) is 31.7 Å². The molecule has 148 valence electrons. The van der Waals surface area contributed by atoms with Crippen molar-refractivity contribution >= 4 is 24.1 Å². The summed E-state index contributed by atoms with van der Waals surface area (Å²) in [7, 11) is 0. The third-order valence-corrected chi connectivity index (χ3v) is 4.71. The van der Waals surface area contributed by atoms with Crippen molar-refractivity contribution in [2.24, 2.45) is 5.73 Å². The predicted octanol–water partition coefficient (Wildman–Crippen LogP) is 3.48. The Hall–Kier alpha value is -2.55. The minimum Gasteiger partial charge on any atom is -0.462 e. The van der Waals surface area contributed by atoms with Gasteiger partial charge in [0.05, 0.1) is 23.4 Å². The molecule has 0 saturated heterocycles. The second-order valence-corrected chi connectivity index (χ2v) is 7.04. The maximum absolute atomic E-state index is 12.0. The Labute approximate surface area is 172 Å². The molecule has 2 aromatic rings. The van der Waals surface area contributed by atoms with Gasteiger partial charge in [-0.05, 0) is 55.5 Å². The number of benzene rings is 2. The molecule has 1 aliphatic heterocycles. The summed E-state index contributed by atoms with van der Waals surface area (Å²) in [5, 5.41) is 9.57. The number of anilines is 1. The quantitative estimate of drug-likeness (QED) is 0.569. The molecular weight excluding hydrogens is 374 g/mol. The van der Waals surface area contributed by atoms with Gasteiger partial charge in [0, 0.05) is 19.1 Å². The zero-order valence-corrected chi connectivity index (χ0v) is 16.9. The number of rotatable bonds is 7. The van der Waals surface area contributed by atoms with Crippen LogP contribution < -0.4 is 10.6 Å². The summed E-state index contributed by atoms with van der Waals surface area (Å²) in [5.41, 5.74) is 10.5. The molecule has 0 amide bonds. The van der Waals surface area contributed by atoms with Gasteiger partial charge in [-0.15, -0.1) is 12.4 Å². The van der Waals surface area contributed by atoms with Crippen molar-refractivity contribution < 1.29 is 9.53 Å². The van der Waals surface area contributed by atoms with Crippen LogP contribution in [0.3, 0.4) is 0 Å². The molecule has 1 heterocycles. The highest BCUT2D eigenvalue weighted by atomic mass is 35.5. The number of esters is 1. The van der Waals surface area contributed by atoms with E-state index in [1.54, 1.807) is 12.1 Å². The van der Waals surface area contributed by atoms with Crippen LogP contribution in [-0.2, 0) is 17.6 Å². The van der Waals surface area contributed by atoms with Crippen LogP contribution in [0.25, 0.3) is 0 Å². The first kappa shape index (κ1) is 21.7. The fourth-order valence-corrected chi connectivity index (χ4v) is 3.57. The van der Waals surface area contributed by atoms with E-state index in [1.165, 1.54) is 5.56 Å². The second kappa shape index (κ2) is 10.1. The third kappa shape index (κ3) is 5.25. The number of fused-ring (bicyclic) bond motifs is 1. The first-order valence-electron chi connectivity index (χ1n) is 9.37. The normalized spacial score (nSPS) is 13.2. The number of carbonyl (C=O) groups is 1. The van der Waals surface area contributed by atoms with E-state index in [1.807, 2.05) is 31.2 Å². The van der Waals surface area contributed by atoms with Crippen LogP contribution in [0.4, 0.5) is 5.69 Å². The van der Waals surface area contributed by atoms with E-state index in [2.05, 4.69) is 17.0 Å². The molecule has 0 fully saturated rings. The SMILES string of the molecule is CC(N)Cc1cc(C#N)c2c(c1)CCN2CCCOC(=O)c1ccccc1.Cl. The van der Waals surface area contributed by atoms with Crippen molar-refractivity contribution in [1.29, 1.82) is 5.26 Å². The molecule has 5 nitrogen and oxygen atoms in total. The minimum atomic E-state index is -0.296. The average molecular weight is 400 g/mol. The molecule has 3 rings (SSSR count). The highest BCUT2D eigenvalue weighted by Gasteiger charge is 2.23. The van der Waals surface area contributed by atoms with Crippen LogP contribution >= 0.6 is 12.4 Å². The number of hydrogen-bond donors (Lipinski definition) is 1. The summed E-state index contributed by atoms with van der Waals surface area (Å²) < 4.78 is 5.35. The number of halogens is 1. The van der Waals surface area contributed by atoms with Crippen molar-refractivity contribution in [2.45, 2.75) is 32.2 Å². The van der Waals surface area contributed by atoms with Gasteiger partial charge in [0.1, 0.15) is 6.07 Å². The number of nitrogens with zero attached hydrogens (tertiary/aromatic N) is 2. The van der Waals surface area contributed by atoms with Gasteiger partial charge >= 0.3 is 5.97 Å². The molecule has 1 unspecified atom stereocenters. The zero-order chi connectivity index (χ0) is 19.2. The van der Waals surface area contributed by atoms with Crippen molar-refractivity contribution in [3.8, 4) is 6.07 Å². The van der Waals surface area contributed by atoms with Crippen molar-refractivity contribution in [2.75, 3.05) is 24.6 Å². The van der Waals surface area contributed by atoms with Gasteiger partial charge in [-0.1, -0.05) is 24.3 Å². The maximum atomic E-state index is 12.0. The number of ether oxygens (including phenoxy) is 1. The summed E-state index contributed by atoms with van der Waals surface area (Å²) in [4.78, 5) is 14.2. The summed E-state index contributed by atoms with van der Waals surface area (Å²) in [6, 6.07) is 15.5. The molecule has 0 bridgehead atoms. The largest absolute Gasteiger partial charge is 0.462 e. The lowest BCUT2D eigenvalue weighted by Gasteiger charge is -2.21. The number of nitrogens with two attached hydrogens (primary N) is 1. The van der Waals surface area contributed by atoms with Gasteiger partial charge in [-0.2, -0.15) is 5.26 Å². The highest BCUT2D eigenvalue weighted by molar-refractivity contribution is 5.89. The lowest BCUT2D eigenvalue weighted by molar-refractivity contribution is 0.0502. The molecule has 1 aliphatic rings. The number of nitriles is 1. The Kier molecular flexibility index (Phi) is 7.86. The van der Waals surface area contributed by atoms with Crippen LogP contribution in [0, 0.1) is 11.3 Å². The van der Waals surface area contributed by atoms with E-state index < -0.39 is 0 Å². The van der Waals surface area contributed by atoms with E-state index in [4.69, 9.17) is 10.5 Å². The van der Waals surface area contributed by atoms with Crippen LogP contribution in [0.5, 0.6) is 0 Å². The minimum absolute atomic E-state index is 0. The Morgan fingerprint density at radius 2 is 2.07 bits per heavy atom. The van der Waals surface area contributed by atoms with Gasteiger partial charge in [0.25, 0.3) is 0 Å². The summed E-state index contributed by atoms with van der Waals surface area (Å²) >= 11 is 0. The van der Waals surface area contributed by atoms with Crippen molar-refractivity contribution in [3.63, 3.8) is 0 Å². The molecule has 0 aliphatic carbocycles. The maximum Gasteiger partial charge on any atom is 0.338 e. The monoisotopic (exact) mass is 399 g/mol. The van der Waals surface area contributed by atoms with E-state index in [-0.39, 0.29) is 24.4 Å². The highest BCUT2D eigenvalue weighted by Crippen LogP contribution is 2.33. The Morgan fingerprint density at radius 1 is 1.32 bits per heavy atom. The first-order chi connectivity index (χ1) is 13.1.